The molecule has 0 radical (unpaired) electrons. The Kier molecular flexibility index (Phi) is 3.69. The van der Waals surface area contributed by atoms with Gasteiger partial charge < -0.3 is 4.74 Å². The minimum atomic E-state index is 0.382. The molecule has 0 fully saturated rings. The van der Waals surface area contributed by atoms with Gasteiger partial charge in [0.2, 0.25) is 5.88 Å². The number of hydrogen-bond donors (Lipinski definition) is 0. The van der Waals surface area contributed by atoms with Gasteiger partial charge in [0, 0.05) is 5.02 Å². The molecule has 5 heteroatoms. The molecular formula is C11H6BrCl2NO. The van der Waals surface area contributed by atoms with Crippen LogP contribution in [0.25, 0.3) is 0 Å². The van der Waals surface area contributed by atoms with Gasteiger partial charge in [-0.25, -0.2) is 4.98 Å². The smallest absolute Gasteiger partial charge is 0.235 e. The van der Waals surface area contributed by atoms with Gasteiger partial charge in [0.15, 0.2) is 0 Å². The van der Waals surface area contributed by atoms with Crippen molar-refractivity contribution >= 4 is 39.1 Å². The molecule has 0 N–H and O–H groups in total. The Morgan fingerprint density at radius 3 is 2.38 bits per heavy atom. The standard InChI is InChI=1S/C11H6BrCl2NO/c12-9-5-6-10(14)15-11(9)16-8-3-1-7(13)2-4-8/h1-6H. The first kappa shape index (κ1) is 11.7. The van der Waals surface area contributed by atoms with Crippen molar-refractivity contribution in [2.45, 2.75) is 0 Å². The molecule has 0 unspecified atom stereocenters. The van der Waals surface area contributed by atoms with Gasteiger partial charge in [0.1, 0.15) is 10.9 Å². The van der Waals surface area contributed by atoms with Crippen LogP contribution in [0.2, 0.25) is 10.2 Å². The highest BCUT2D eigenvalue weighted by molar-refractivity contribution is 9.10. The van der Waals surface area contributed by atoms with Gasteiger partial charge in [-0.3, -0.25) is 0 Å². The molecule has 1 heterocycles. The van der Waals surface area contributed by atoms with Crippen LogP contribution < -0.4 is 4.74 Å². The highest BCUT2D eigenvalue weighted by Crippen LogP contribution is 2.29. The molecule has 2 nitrogen and oxygen atoms in total. The average Bonchev–Trinajstić information content (AvgIpc) is 2.27. The third-order valence-electron chi connectivity index (χ3n) is 1.81. The van der Waals surface area contributed by atoms with Crippen molar-refractivity contribution in [3.8, 4) is 11.6 Å². The molecule has 2 aromatic rings. The summed E-state index contributed by atoms with van der Waals surface area (Å²) in [6, 6.07) is 10.5. The second kappa shape index (κ2) is 5.04. The van der Waals surface area contributed by atoms with Crippen molar-refractivity contribution in [2.24, 2.45) is 0 Å². The fourth-order valence-electron chi connectivity index (χ4n) is 1.09. The molecule has 0 saturated carbocycles. The predicted octanol–water partition coefficient (Wildman–Crippen LogP) is 4.94. The van der Waals surface area contributed by atoms with Crippen molar-refractivity contribution in [3.63, 3.8) is 0 Å². The van der Waals surface area contributed by atoms with E-state index in [4.69, 9.17) is 27.9 Å². The maximum absolute atomic E-state index is 5.78. The molecule has 0 bridgehead atoms. The Morgan fingerprint density at radius 1 is 1.00 bits per heavy atom. The summed E-state index contributed by atoms with van der Waals surface area (Å²) in [7, 11) is 0. The lowest BCUT2D eigenvalue weighted by Gasteiger charge is -2.06. The maximum atomic E-state index is 5.78. The number of pyridine rings is 1. The summed E-state index contributed by atoms with van der Waals surface area (Å²) >= 11 is 14.9. The zero-order chi connectivity index (χ0) is 11.5. The lowest BCUT2D eigenvalue weighted by molar-refractivity contribution is 0.460. The molecule has 16 heavy (non-hydrogen) atoms. The minimum Gasteiger partial charge on any atom is -0.438 e. The summed E-state index contributed by atoms with van der Waals surface area (Å²) in [5.74, 6) is 1.08. The van der Waals surface area contributed by atoms with E-state index < -0.39 is 0 Å². The van der Waals surface area contributed by atoms with Crippen LogP contribution >= 0.6 is 39.1 Å². The molecule has 0 aliphatic rings. The van der Waals surface area contributed by atoms with E-state index in [1.165, 1.54) is 0 Å². The van der Waals surface area contributed by atoms with Crippen LogP contribution in [0.3, 0.4) is 0 Å². The van der Waals surface area contributed by atoms with E-state index in [-0.39, 0.29) is 0 Å². The SMILES string of the molecule is Clc1ccc(Oc2nc(Cl)ccc2Br)cc1. The summed E-state index contributed by atoms with van der Waals surface area (Å²) in [4.78, 5) is 4.05. The Labute approximate surface area is 111 Å². The number of benzene rings is 1. The summed E-state index contributed by atoms with van der Waals surface area (Å²) in [6.45, 7) is 0. The lowest BCUT2D eigenvalue weighted by Crippen LogP contribution is -1.89. The van der Waals surface area contributed by atoms with Crippen LogP contribution in [0.4, 0.5) is 0 Å². The highest BCUT2D eigenvalue weighted by atomic mass is 79.9. The first-order valence-electron chi connectivity index (χ1n) is 4.40. The van der Waals surface area contributed by atoms with Gasteiger partial charge in [-0.05, 0) is 52.3 Å². The van der Waals surface area contributed by atoms with Crippen LogP contribution in [-0.2, 0) is 0 Å². The first-order valence-corrected chi connectivity index (χ1v) is 5.95. The fourth-order valence-corrected chi connectivity index (χ4v) is 1.65. The minimum absolute atomic E-state index is 0.382. The van der Waals surface area contributed by atoms with Crippen molar-refractivity contribution in [2.75, 3.05) is 0 Å². The zero-order valence-electron chi connectivity index (χ0n) is 7.95. The second-order valence-electron chi connectivity index (χ2n) is 2.98. The highest BCUT2D eigenvalue weighted by Gasteiger charge is 2.05. The van der Waals surface area contributed by atoms with E-state index in [0.717, 1.165) is 4.47 Å². The maximum Gasteiger partial charge on any atom is 0.235 e. The molecule has 0 atom stereocenters. The monoisotopic (exact) mass is 317 g/mol. The Hall–Kier alpha value is -0.770. The van der Waals surface area contributed by atoms with Gasteiger partial charge in [0.05, 0.1) is 4.47 Å². The average molecular weight is 319 g/mol. The molecule has 0 aliphatic heterocycles. The Balaban J connectivity index is 2.26. The van der Waals surface area contributed by atoms with Crippen LogP contribution in [0.5, 0.6) is 11.6 Å². The van der Waals surface area contributed by atoms with E-state index in [9.17, 15) is 0 Å². The quantitative estimate of drug-likeness (QED) is 0.731. The third-order valence-corrected chi connectivity index (χ3v) is 2.87. The summed E-state index contributed by atoms with van der Waals surface area (Å²) in [5.41, 5.74) is 0. The van der Waals surface area contributed by atoms with Crippen molar-refractivity contribution < 1.29 is 4.74 Å². The molecule has 2 rings (SSSR count). The fraction of sp³-hybridized carbons (Fsp3) is 0. The van der Waals surface area contributed by atoms with Gasteiger partial charge in [0.25, 0.3) is 0 Å². The molecule has 1 aromatic heterocycles. The number of ether oxygens (including phenoxy) is 1. The number of hydrogen-bond acceptors (Lipinski definition) is 2. The Bertz CT molecular complexity index is 502. The summed E-state index contributed by atoms with van der Waals surface area (Å²) < 4.78 is 6.29. The molecule has 0 saturated heterocycles. The van der Waals surface area contributed by atoms with Gasteiger partial charge in [-0.2, -0.15) is 0 Å². The van der Waals surface area contributed by atoms with Crippen LogP contribution in [-0.4, -0.2) is 4.98 Å². The van der Waals surface area contributed by atoms with Crippen LogP contribution in [0.15, 0.2) is 40.9 Å². The molecular weight excluding hydrogens is 313 g/mol. The summed E-state index contributed by atoms with van der Waals surface area (Å²) in [5, 5.41) is 1.04. The number of halogens is 3. The van der Waals surface area contributed by atoms with Gasteiger partial charge in [-0.1, -0.05) is 23.2 Å². The van der Waals surface area contributed by atoms with E-state index in [2.05, 4.69) is 20.9 Å². The third kappa shape index (κ3) is 2.88. The predicted molar refractivity (Wildman–Crippen MR) is 68.5 cm³/mol. The number of rotatable bonds is 2. The lowest BCUT2D eigenvalue weighted by atomic mass is 10.3. The second-order valence-corrected chi connectivity index (χ2v) is 4.65. The van der Waals surface area contributed by atoms with Crippen molar-refractivity contribution in [1.82, 2.24) is 4.98 Å². The van der Waals surface area contributed by atoms with Crippen molar-refractivity contribution in [3.05, 3.63) is 51.0 Å². The van der Waals surface area contributed by atoms with Crippen LogP contribution in [0, 0.1) is 0 Å². The van der Waals surface area contributed by atoms with Crippen LogP contribution in [0.1, 0.15) is 0 Å². The van der Waals surface area contributed by atoms with E-state index in [1.807, 2.05) is 0 Å². The zero-order valence-corrected chi connectivity index (χ0v) is 11.1. The normalized spacial score (nSPS) is 10.2. The molecule has 0 amide bonds. The largest absolute Gasteiger partial charge is 0.438 e. The molecule has 0 spiro atoms. The van der Waals surface area contributed by atoms with E-state index in [1.54, 1.807) is 36.4 Å². The molecule has 1 aromatic carbocycles. The van der Waals surface area contributed by atoms with E-state index >= 15 is 0 Å². The van der Waals surface area contributed by atoms with E-state index in [0.29, 0.717) is 21.8 Å². The number of nitrogens with zero attached hydrogens (tertiary/aromatic N) is 1. The topological polar surface area (TPSA) is 22.1 Å². The molecule has 82 valence electrons. The molecule has 0 aliphatic carbocycles. The summed E-state index contributed by atoms with van der Waals surface area (Å²) in [6.07, 6.45) is 0. The Morgan fingerprint density at radius 2 is 1.69 bits per heavy atom. The number of aromatic nitrogens is 1. The van der Waals surface area contributed by atoms with Gasteiger partial charge in [-0.15, -0.1) is 0 Å². The van der Waals surface area contributed by atoms with Crippen molar-refractivity contribution in [1.29, 1.82) is 0 Å². The van der Waals surface area contributed by atoms with Gasteiger partial charge >= 0.3 is 0 Å². The first-order chi connectivity index (χ1) is 7.65.